The van der Waals surface area contributed by atoms with Crippen LogP contribution in [-0.4, -0.2) is 62.2 Å². The Bertz CT molecular complexity index is 1480. The average Bonchev–Trinajstić information content (AvgIpc) is 3.51. The van der Waals surface area contributed by atoms with E-state index < -0.39 is 23.5 Å². The third-order valence-electron chi connectivity index (χ3n) is 5.57. The number of ether oxygens (including phenoxy) is 1. The number of rotatable bonds is 9. The Labute approximate surface area is 236 Å². The van der Waals surface area contributed by atoms with Gasteiger partial charge < -0.3 is 45.9 Å². The molecule has 0 unspecified atom stereocenters. The quantitative estimate of drug-likeness (QED) is 0.127. The van der Waals surface area contributed by atoms with Gasteiger partial charge >= 0.3 is 6.09 Å². The number of anilines is 3. The molecule has 3 aromatic rings. The summed E-state index contributed by atoms with van der Waals surface area (Å²) in [6, 6.07) is 4.58. The molecule has 0 aliphatic carbocycles. The van der Waals surface area contributed by atoms with E-state index in [2.05, 4.69) is 26.3 Å². The molecule has 220 valence electrons. The highest BCUT2D eigenvalue weighted by Crippen LogP contribution is 2.20. The summed E-state index contributed by atoms with van der Waals surface area (Å²) in [6.07, 6.45) is 4.15. The Morgan fingerprint density at radius 1 is 0.756 bits per heavy atom. The first-order valence-electron chi connectivity index (χ1n) is 12.6. The number of nitrogens with two attached hydrogens (primary N) is 2. The van der Waals surface area contributed by atoms with Crippen LogP contribution in [0.5, 0.6) is 0 Å². The van der Waals surface area contributed by atoms with Crippen LogP contribution >= 0.6 is 0 Å². The fraction of sp³-hybridized carbons (Fsp3) is 0.346. The molecule has 4 amide bonds. The van der Waals surface area contributed by atoms with Gasteiger partial charge in [0.15, 0.2) is 5.96 Å². The number of hydrogen-bond donors (Lipinski definition) is 6. The van der Waals surface area contributed by atoms with Gasteiger partial charge in [-0.05, 0) is 39.0 Å². The molecular formula is C26H36N10O5. The summed E-state index contributed by atoms with van der Waals surface area (Å²) in [7, 11) is 5.00. The maximum atomic E-state index is 13.0. The lowest BCUT2D eigenvalue weighted by Crippen LogP contribution is -2.29. The predicted molar refractivity (Wildman–Crippen MR) is 155 cm³/mol. The molecule has 41 heavy (non-hydrogen) atoms. The predicted octanol–water partition coefficient (Wildman–Crippen LogP) is 1.56. The molecule has 8 N–H and O–H groups in total. The first kappa shape index (κ1) is 30.3. The van der Waals surface area contributed by atoms with Gasteiger partial charge in [0.1, 0.15) is 22.7 Å². The second kappa shape index (κ2) is 12.3. The summed E-state index contributed by atoms with van der Waals surface area (Å²) >= 11 is 0. The fourth-order valence-corrected chi connectivity index (χ4v) is 3.83. The lowest BCUT2D eigenvalue weighted by molar-refractivity contribution is 0.0635. The van der Waals surface area contributed by atoms with Gasteiger partial charge in [0.05, 0.1) is 23.6 Å². The topological polar surface area (TPSA) is 205 Å². The van der Waals surface area contributed by atoms with E-state index in [-0.39, 0.29) is 36.3 Å². The number of nitrogens with one attached hydrogen (secondary N) is 4. The molecule has 3 rings (SSSR count). The van der Waals surface area contributed by atoms with Crippen LogP contribution in [0, 0.1) is 0 Å². The van der Waals surface area contributed by atoms with Crippen molar-refractivity contribution in [1.82, 2.24) is 19.0 Å². The maximum Gasteiger partial charge on any atom is 0.412 e. The van der Waals surface area contributed by atoms with E-state index in [4.69, 9.17) is 16.2 Å². The highest BCUT2D eigenvalue weighted by molar-refractivity contribution is 6.07. The van der Waals surface area contributed by atoms with Crippen LogP contribution in [0.1, 0.15) is 52.2 Å². The second-order valence-electron chi connectivity index (χ2n) is 10.3. The lowest BCUT2D eigenvalue weighted by Gasteiger charge is -2.19. The number of hydrogen-bond acceptors (Lipinski definition) is 6. The zero-order valence-corrected chi connectivity index (χ0v) is 23.9. The number of guanidine groups is 1. The summed E-state index contributed by atoms with van der Waals surface area (Å²) in [5, 5.41) is 10.8. The summed E-state index contributed by atoms with van der Waals surface area (Å²) in [4.78, 5) is 54.2. The van der Waals surface area contributed by atoms with Gasteiger partial charge in [0.25, 0.3) is 17.7 Å². The molecule has 0 radical (unpaired) electrons. The third-order valence-corrected chi connectivity index (χ3v) is 5.57. The summed E-state index contributed by atoms with van der Waals surface area (Å²) in [6.45, 7) is 5.73. The minimum Gasteiger partial charge on any atom is -0.444 e. The van der Waals surface area contributed by atoms with E-state index in [0.29, 0.717) is 22.8 Å². The lowest BCUT2D eigenvalue weighted by atomic mass is 10.2. The van der Waals surface area contributed by atoms with Crippen LogP contribution in [0.4, 0.5) is 21.9 Å². The molecule has 3 heterocycles. The van der Waals surface area contributed by atoms with Crippen molar-refractivity contribution in [3.63, 3.8) is 0 Å². The first-order valence-corrected chi connectivity index (χ1v) is 12.6. The summed E-state index contributed by atoms with van der Waals surface area (Å²) in [5.41, 5.74) is 11.9. The highest BCUT2D eigenvalue weighted by atomic mass is 16.6. The van der Waals surface area contributed by atoms with E-state index >= 15 is 0 Å². The van der Waals surface area contributed by atoms with Gasteiger partial charge in [-0.25, -0.2) is 4.79 Å². The number of carbonyl (C=O) groups is 4. The van der Waals surface area contributed by atoms with Crippen molar-refractivity contribution in [3.05, 3.63) is 53.9 Å². The summed E-state index contributed by atoms with van der Waals surface area (Å²) < 4.78 is 9.94. The number of aliphatic imine (C=N–C) groups is 1. The molecule has 0 saturated carbocycles. The molecule has 0 aliphatic heterocycles. The smallest absolute Gasteiger partial charge is 0.412 e. The van der Waals surface area contributed by atoms with Crippen LogP contribution in [-0.2, 0) is 25.9 Å². The Balaban J connectivity index is 1.63. The van der Waals surface area contributed by atoms with Crippen molar-refractivity contribution in [2.75, 3.05) is 29.0 Å². The zero-order chi connectivity index (χ0) is 30.5. The normalized spacial score (nSPS) is 11.0. The maximum absolute atomic E-state index is 13.0. The third kappa shape index (κ3) is 8.39. The molecule has 3 aromatic heterocycles. The van der Waals surface area contributed by atoms with Gasteiger partial charge in [0.2, 0.25) is 0 Å². The molecule has 0 fully saturated rings. The Morgan fingerprint density at radius 2 is 1.17 bits per heavy atom. The molecule has 0 spiro atoms. The van der Waals surface area contributed by atoms with Gasteiger partial charge in [-0.2, -0.15) is 0 Å². The van der Waals surface area contributed by atoms with Gasteiger partial charge in [-0.3, -0.25) is 24.7 Å². The monoisotopic (exact) mass is 568 g/mol. The van der Waals surface area contributed by atoms with Crippen molar-refractivity contribution in [2.24, 2.45) is 37.6 Å². The fourth-order valence-electron chi connectivity index (χ4n) is 3.83. The van der Waals surface area contributed by atoms with Crippen LogP contribution in [0.3, 0.4) is 0 Å². The van der Waals surface area contributed by atoms with Crippen LogP contribution in [0.2, 0.25) is 0 Å². The second-order valence-corrected chi connectivity index (χ2v) is 10.3. The molecule has 15 nitrogen and oxygen atoms in total. The van der Waals surface area contributed by atoms with Crippen LogP contribution in [0.25, 0.3) is 0 Å². The first-order chi connectivity index (χ1) is 19.1. The van der Waals surface area contributed by atoms with E-state index in [1.807, 2.05) is 0 Å². The van der Waals surface area contributed by atoms with Crippen molar-refractivity contribution < 1.29 is 23.9 Å². The number of nitrogens with zero attached hydrogens (tertiary/aromatic N) is 4. The van der Waals surface area contributed by atoms with Gasteiger partial charge in [-0.1, -0.05) is 0 Å². The minimum absolute atomic E-state index is 0.0618. The highest BCUT2D eigenvalue weighted by Gasteiger charge is 2.20. The minimum atomic E-state index is -0.663. The molecule has 15 heteroatoms. The van der Waals surface area contributed by atoms with Crippen molar-refractivity contribution in [3.8, 4) is 0 Å². The van der Waals surface area contributed by atoms with Crippen LogP contribution in [0.15, 0.2) is 41.8 Å². The SMILES string of the molecule is Cn1cc(NC(=O)c2cc(NC(=O)c3cc(NC(=O)OC(C)(C)C)cn3C)cn2C)cc1C(=O)NCCN=C(N)N. The van der Waals surface area contributed by atoms with E-state index in [9.17, 15) is 19.2 Å². The van der Waals surface area contributed by atoms with Crippen molar-refractivity contribution in [1.29, 1.82) is 0 Å². The number of amides is 4. The van der Waals surface area contributed by atoms with Gasteiger partial charge in [0, 0.05) is 46.3 Å². The molecule has 0 aromatic carbocycles. The Kier molecular flexibility index (Phi) is 9.11. The standard InChI is InChI=1S/C26H36N10O5/c1-26(2,3)41-25(40)33-17-11-20(36(6)14-17)23(39)32-16-10-19(35(5)13-16)22(38)31-15-9-18(34(4)12-15)21(37)29-7-8-30-24(27)28/h9-14H,7-8H2,1-6H3,(H,29,37)(H,31,38)(H,32,39)(H,33,40)(H4,27,28,30). The van der Waals surface area contributed by atoms with Gasteiger partial charge in [-0.15, -0.1) is 0 Å². The van der Waals surface area contributed by atoms with E-state index in [1.54, 1.807) is 74.2 Å². The van der Waals surface area contributed by atoms with Crippen molar-refractivity contribution in [2.45, 2.75) is 26.4 Å². The van der Waals surface area contributed by atoms with Crippen molar-refractivity contribution >= 4 is 46.8 Å². The molecule has 0 atom stereocenters. The Morgan fingerprint density at radius 3 is 1.59 bits per heavy atom. The molecule has 0 aliphatic rings. The largest absolute Gasteiger partial charge is 0.444 e. The molecule has 0 saturated heterocycles. The molecule has 0 bridgehead atoms. The number of aromatic nitrogens is 3. The number of aryl methyl sites for hydroxylation is 3. The Hall–Kier alpha value is -5.21. The summed E-state index contributed by atoms with van der Waals surface area (Å²) in [5.74, 6) is -1.30. The van der Waals surface area contributed by atoms with E-state index in [0.717, 1.165) is 0 Å². The van der Waals surface area contributed by atoms with Crippen LogP contribution < -0.4 is 32.7 Å². The zero-order valence-electron chi connectivity index (χ0n) is 23.9. The number of carbonyl (C=O) groups excluding carboxylic acids is 4. The van der Waals surface area contributed by atoms with E-state index in [1.165, 1.54) is 18.2 Å². The molecular weight excluding hydrogens is 532 g/mol. The average molecular weight is 569 g/mol.